The molecule has 1 heterocycles. The van der Waals surface area contributed by atoms with Crippen molar-refractivity contribution in [1.82, 2.24) is 4.90 Å². The number of halogens is 1. The van der Waals surface area contributed by atoms with Crippen molar-refractivity contribution in [1.29, 1.82) is 0 Å². The molecule has 2 rings (SSSR count). The summed E-state index contributed by atoms with van der Waals surface area (Å²) in [6, 6.07) is 10.3. The van der Waals surface area contributed by atoms with Crippen LogP contribution in [0.15, 0.2) is 43.0 Å². The molecule has 0 aliphatic carbocycles. The van der Waals surface area contributed by atoms with E-state index in [1.165, 1.54) is 5.56 Å². The van der Waals surface area contributed by atoms with Gasteiger partial charge in [0.05, 0.1) is 12.3 Å². The van der Waals surface area contributed by atoms with E-state index in [4.69, 9.17) is 5.73 Å². The van der Waals surface area contributed by atoms with E-state index in [0.717, 1.165) is 25.8 Å². The van der Waals surface area contributed by atoms with E-state index in [1.54, 1.807) is 0 Å². The Morgan fingerprint density at radius 3 is 2.70 bits per heavy atom. The Bertz CT molecular complexity index is 410. The van der Waals surface area contributed by atoms with Crippen LogP contribution in [0.25, 0.3) is 0 Å². The number of nitrogens with zero attached hydrogens (tertiary/aromatic N) is 1. The van der Waals surface area contributed by atoms with Crippen molar-refractivity contribution in [2.45, 2.75) is 24.9 Å². The quantitative estimate of drug-likeness (QED) is 0.819. The lowest BCUT2D eigenvalue weighted by Crippen LogP contribution is -2.64. The predicted molar refractivity (Wildman–Crippen MR) is 85.9 cm³/mol. The van der Waals surface area contributed by atoms with Crippen molar-refractivity contribution in [2.75, 3.05) is 19.7 Å². The monoisotopic (exact) mass is 296 g/mol. The highest BCUT2D eigenvalue weighted by atomic mass is 35.5. The minimum Gasteiger partial charge on any atom is -0.395 e. The number of rotatable bonds is 5. The van der Waals surface area contributed by atoms with Crippen LogP contribution in [0.3, 0.4) is 0 Å². The summed E-state index contributed by atoms with van der Waals surface area (Å²) in [6.07, 6.45) is 4.97. The van der Waals surface area contributed by atoms with Gasteiger partial charge in [0.2, 0.25) is 0 Å². The van der Waals surface area contributed by atoms with Crippen LogP contribution in [-0.4, -0.2) is 35.4 Å². The number of benzene rings is 1. The fraction of sp³-hybridized carbons (Fsp3) is 0.500. The summed E-state index contributed by atoms with van der Waals surface area (Å²) in [5.41, 5.74) is 7.53. The van der Waals surface area contributed by atoms with E-state index in [0.29, 0.717) is 6.54 Å². The molecule has 3 N–H and O–H groups in total. The van der Waals surface area contributed by atoms with Gasteiger partial charge < -0.3 is 10.8 Å². The minimum absolute atomic E-state index is 0. The largest absolute Gasteiger partial charge is 0.395 e. The van der Waals surface area contributed by atoms with Gasteiger partial charge in [-0.1, -0.05) is 36.4 Å². The molecule has 4 heteroatoms. The SMILES string of the molecule is C=CC1CCCN(CCO)C1(N)Cc1ccccc1.Cl. The van der Waals surface area contributed by atoms with Crippen LogP contribution in [0.1, 0.15) is 18.4 Å². The summed E-state index contributed by atoms with van der Waals surface area (Å²) in [7, 11) is 0. The third-order valence-electron chi connectivity index (χ3n) is 4.16. The first kappa shape index (κ1) is 17.2. The standard InChI is InChI=1S/C16H24N2O.ClH/c1-2-15-9-6-10-18(11-12-19)16(15,17)13-14-7-4-3-5-8-14;/h2-5,7-8,15,19H,1,6,9-13,17H2;1H. The third kappa shape index (κ3) is 3.61. The van der Waals surface area contributed by atoms with E-state index in [1.807, 2.05) is 24.3 Å². The zero-order valence-corrected chi connectivity index (χ0v) is 12.7. The lowest BCUT2D eigenvalue weighted by molar-refractivity contribution is 0.00561. The average molecular weight is 297 g/mol. The van der Waals surface area contributed by atoms with Crippen LogP contribution >= 0.6 is 12.4 Å². The van der Waals surface area contributed by atoms with E-state index in [-0.39, 0.29) is 24.9 Å². The molecule has 112 valence electrons. The molecule has 1 saturated heterocycles. The molecule has 1 aliphatic heterocycles. The van der Waals surface area contributed by atoms with Gasteiger partial charge >= 0.3 is 0 Å². The van der Waals surface area contributed by atoms with E-state index >= 15 is 0 Å². The summed E-state index contributed by atoms with van der Waals surface area (Å²) in [6.45, 7) is 5.68. The summed E-state index contributed by atoms with van der Waals surface area (Å²) in [5.74, 6) is 0.271. The maximum absolute atomic E-state index is 9.25. The molecule has 1 aromatic carbocycles. The molecule has 2 atom stereocenters. The summed E-state index contributed by atoms with van der Waals surface area (Å²) < 4.78 is 0. The highest BCUT2D eigenvalue weighted by molar-refractivity contribution is 5.85. The highest BCUT2D eigenvalue weighted by Gasteiger charge is 2.41. The Morgan fingerprint density at radius 2 is 2.10 bits per heavy atom. The smallest absolute Gasteiger partial charge is 0.0793 e. The number of hydrogen-bond donors (Lipinski definition) is 2. The molecule has 2 unspecified atom stereocenters. The first-order chi connectivity index (χ1) is 9.20. The van der Waals surface area contributed by atoms with Crippen LogP contribution < -0.4 is 5.73 Å². The Morgan fingerprint density at radius 1 is 1.40 bits per heavy atom. The number of aliphatic hydroxyl groups is 1. The molecule has 0 bridgehead atoms. The maximum Gasteiger partial charge on any atom is 0.0793 e. The fourth-order valence-electron chi connectivity index (χ4n) is 3.12. The Kier molecular flexibility index (Phi) is 6.69. The normalized spacial score (nSPS) is 26.8. The molecule has 0 radical (unpaired) electrons. The second-order valence-corrected chi connectivity index (χ2v) is 5.35. The van der Waals surface area contributed by atoms with Gasteiger partial charge in [0, 0.05) is 25.4 Å². The molecule has 1 fully saturated rings. The minimum atomic E-state index is -0.427. The van der Waals surface area contributed by atoms with Gasteiger partial charge in [0.25, 0.3) is 0 Å². The number of β-amino-alcohol motifs (C(OH)–C–C–N with tert-alkyl or cyclic N) is 1. The second-order valence-electron chi connectivity index (χ2n) is 5.35. The lowest BCUT2D eigenvalue weighted by atomic mass is 9.79. The maximum atomic E-state index is 9.25. The fourth-order valence-corrected chi connectivity index (χ4v) is 3.12. The van der Waals surface area contributed by atoms with Gasteiger partial charge in [0.15, 0.2) is 0 Å². The molecule has 0 amide bonds. The van der Waals surface area contributed by atoms with E-state index < -0.39 is 5.66 Å². The first-order valence-electron chi connectivity index (χ1n) is 7.02. The Hall–Kier alpha value is -0.870. The van der Waals surface area contributed by atoms with Gasteiger partial charge in [-0.2, -0.15) is 0 Å². The van der Waals surface area contributed by atoms with Crippen molar-refractivity contribution in [3.05, 3.63) is 48.6 Å². The van der Waals surface area contributed by atoms with E-state index in [2.05, 4.69) is 23.6 Å². The molecule has 0 saturated carbocycles. The number of hydrogen-bond acceptors (Lipinski definition) is 3. The molecule has 20 heavy (non-hydrogen) atoms. The highest BCUT2D eigenvalue weighted by Crippen LogP contribution is 2.33. The van der Waals surface area contributed by atoms with Crippen LogP contribution in [0.2, 0.25) is 0 Å². The summed E-state index contributed by atoms with van der Waals surface area (Å²) in [5, 5.41) is 9.25. The zero-order valence-electron chi connectivity index (χ0n) is 11.9. The summed E-state index contributed by atoms with van der Waals surface area (Å²) >= 11 is 0. The Labute approximate surface area is 127 Å². The van der Waals surface area contributed by atoms with Gasteiger partial charge in [-0.15, -0.1) is 19.0 Å². The number of nitrogens with two attached hydrogens (primary N) is 1. The number of aliphatic hydroxyl groups excluding tert-OH is 1. The van der Waals surface area contributed by atoms with Gasteiger partial charge in [-0.05, 0) is 18.4 Å². The molecule has 0 spiro atoms. The third-order valence-corrected chi connectivity index (χ3v) is 4.16. The molecule has 0 aromatic heterocycles. The second kappa shape index (κ2) is 7.79. The molecule has 1 aliphatic rings. The predicted octanol–water partition coefficient (Wildman–Crippen LogP) is 2.20. The van der Waals surface area contributed by atoms with Crippen molar-refractivity contribution >= 4 is 12.4 Å². The number of piperidine rings is 1. The van der Waals surface area contributed by atoms with Crippen molar-refractivity contribution < 1.29 is 5.11 Å². The van der Waals surface area contributed by atoms with Gasteiger partial charge in [-0.3, -0.25) is 4.90 Å². The van der Waals surface area contributed by atoms with Gasteiger partial charge in [-0.25, -0.2) is 0 Å². The molecule has 3 nitrogen and oxygen atoms in total. The van der Waals surface area contributed by atoms with Crippen molar-refractivity contribution in [2.24, 2.45) is 11.7 Å². The molecule has 1 aromatic rings. The average Bonchev–Trinajstić information content (AvgIpc) is 2.42. The molecular formula is C16H25ClN2O. The lowest BCUT2D eigenvalue weighted by Gasteiger charge is -2.49. The Balaban J connectivity index is 0.00000200. The van der Waals surface area contributed by atoms with Crippen LogP contribution in [0.5, 0.6) is 0 Å². The van der Waals surface area contributed by atoms with Crippen molar-refractivity contribution in [3.63, 3.8) is 0 Å². The first-order valence-corrected chi connectivity index (χ1v) is 7.02. The van der Waals surface area contributed by atoms with E-state index in [9.17, 15) is 5.11 Å². The van der Waals surface area contributed by atoms with Crippen LogP contribution in [0, 0.1) is 5.92 Å². The number of likely N-dealkylation sites (tertiary alicyclic amines) is 1. The van der Waals surface area contributed by atoms with Crippen molar-refractivity contribution in [3.8, 4) is 0 Å². The zero-order chi connectivity index (χ0) is 13.7. The van der Waals surface area contributed by atoms with Crippen LogP contribution in [-0.2, 0) is 6.42 Å². The molecular weight excluding hydrogens is 272 g/mol. The summed E-state index contributed by atoms with van der Waals surface area (Å²) in [4.78, 5) is 2.22. The van der Waals surface area contributed by atoms with Gasteiger partial charge in [0.1, 0.15) is 0 Å². The van der Waals surface area contributed by atoms with Crippen LogP contribution in [0.4, 0.5) is 0 Å². The topological polar surface area (TPSA) is 49.5 Å².